The largest absolute Gasteiger partial charge is 0.493 e. The smallest absolute Gasteiger partial charge is 0.122 e. The Bertz CT molecular complexity index is 405. The summed E-state index contributed by atoms with van der Waals surface area (Å²) in [6, 6.07) is 9.26. The summed E-state index contributed by atoms with van der Waals surface area (Å²) < 4.78 is 5.73. The average molecular weight is 266 g/mol. The number of hydrogen-bond donors (Lipinski definition) is 0. The van der Waals surface area contributed by atoms with Gasteiger partial charge in [0.1, 0.15) is 5.75 Å². The van der Waals surface area contributed by atoms with Gasteiger partial charge in [0.25, 0.3) is 0 Å². The number of fused-ring (bicyclic) bond motifs is 1. The van der Waals surface area contributed by atoms with Crippen LogP contribution >= 0.6 is 11.6 Å². The molecule has 0 N–H and O–H groups in total. The highest BCUT2D eigenvalue weighted by Gasteiger charge is 2.31. The lowest BCUT2D eigenvalue weighted by atomic mass is 9.92. The van der Waals surface area contributed by atoms with Gasteiger partial charge in [0.2, 0.25) is 0 Å². The fraction of sp³-hybridized carbons (Fsp3) is 0.600. The van der Waals surface area contributed by atoms with Crippen molar-refractivity contribution in [1.29, 1.82) is 0 Å². The van der Waals surface area contributed by atoms with Crippen molar-refractivity contribution >= 4 is 11.6 Å². The summed E-state index contributed by atoms with van der Waals surface area (Å²) >= 11 is 5.92. The lowest BCUT2D eigenvalue weighted by Gasteiger charge is -2.31. The molecule has 1 unspecified atom stereocenters. The van der Waals surface area contributed by atoms with Crippen molar-refractivity contribution in [2.24, 2.45) is 0 Å². The summed E-state index contributed by atoms with van der Waals surface area (Å²) in [7, 11) is 0. The topological polar surface area (TPSA) is 12.5 Å². The molecule has 3 rings (SSSR count). The Balaban J connectivity index is 1.72. The zero-order valence-electron chi connectivity index (χ0n) is 10.6. The number of para-hydroxylation sites is 1. The van der Waals surface area contributed by atoms with E-state index in [1.807, 2.05) is 0 Å². The van der Waals surface area contributed by atoms with Gasteiger partial charge in [0.05, 0.1) is 6.61 Å². The first-order valence-electron chi connectivity index (χ1n) is 6.90. The zero-order chi connectivity index (χ0) is 12.4. The maximum Gasteiger partial charge on any atom is 0.122 e. The molecule has 0 amide bonds. The SMILES string of the molecule is ClCCN(CC1CCOc2ccccc21)C1CC1. The van der Waals surface area contributed by atoms with E-state index in [2.05, 4.69) is 29.2 Å². The molecule has 0 bridgehead atoms. The van der Waals surface area contributed by atoms with Crippen molar-refractivity contribution in [3.8, 4) is 5.75 Å². The van der Waals surface area contributed by atoms with Gasteiger partial charge in [-0.3, -0.25) is 4.90 Å². The lowest BCUT2D eigenvalue weighted by molar-refractivity contribution is 0.212. The second kappa shape index (κ2) is 5.50. The van der Waals surface area contributed by atoms with Gasteiger partial charge in [-0.25, -0.2) is 0 Å². The van der Waals surface area contributed by atoms with Gasteiger partial charge in [-0.15, -0.1) is 11.6 Å². The second-order valence-corrected chi connectivity index (χ2v) is 5.66. The van der Waals surface area contributed by atoms with Crippen LogP contribution in [-0.2, 0) is 0 Å². The Morgan fingerprint density at radius 1 is 1.22 bits per heavy atom. The molecular formula is C15H20ClNO. The number of alkyl halides is 1. The highest BCUT2D eigenvalue weighted by Crippen LogP contribution is 2.36. The molecule has 1 atom stereocenters. The number of nitrogens with zero attached hydrogens (tertiary/aromatic N) is 1. The molecule has 3 heteroatoms. The predicted molar refractivity (Wildman–Crippen MR) is 74.6 cm³/mol. The van der Waals surface area contributed by atoms with Crippen LogP contribution in [0.2, 0.25) is 0 Å². The summed E-state index contributed by atoms with van der Waals surface area (Å²) in [6.45, 7) is 3.00. The van der Waals surface area contributed by atoms with Gasteiger partial charge in [-0.1, -0.05) is 18.2 Å². The molecule has 2 aliphatic rings. The number of hydrogen-bond acceptors (Lipinski definition) is 2. The van der Waals surface area contributed by atoms with Crippen molar-refractivity contribution < 1.29 is 4.74 Å². The van der Waals surface area contributed by atoms with E-state index in [0.717, 1.165) is 43.8 Å². The maximum absolute atomic E-state index is 5.92. The van der Waals surface area contributed by atoms with Crippen molar-refractivity contribution in [3.05, 3.63) is 29.8 Å². The molecule has 2 nitrogen and oxygen atoms in total. The van der Waals surface area contributed by atoms with E-state index in [9.17, 15) is 0 Å². The van der Waals surface area contributed by atoms with Crippen LogP contribution in [0.25, 0.3) is 0 Å². The van der Waals surface area contributed by atoms with Crippen LogP contribution in [0.5, 0.6) is 5.75 Å². The molecule has 1 aromatic rings. The Morgan fingerprint density at radius 3 is 2.83 bits per heavy atom. The fourth-order valence-corrected chi connectivity index (χ4v) is 3.08. The normalized spacial score (nSPS) is 22.7. The van der Waals surface area contributed by atoms with Crippen LogP contribution in [0.1, 0.15) is 30.7 Å². The third kappa shape index (κ3) is 2.65. The molecule has 98 valence electrons. The minimum atomic E-state index is 0.610. The van der Waals surface area contributed by atoms with Crippen LogP contribution in [-0.4, -0.2) is 36.5 Å². The van der Waals surface area contributed by atoms with Gasteiger partial charge in [0, 0.05) is 30.9 Å². The van der Waals surface area contributed by atoms with Crippen LogP contribution in [0, 0.1) is 0 Å². The monoisotopic (exact) mass is 265 g/mol. The van der Waals surface area contributed by atoms with E-state index in [1.165, 1.54) is 18.4 Å². The molecular weight excluding hydrogens is 246 g/mol. The van der Waals surface area contributed by atoms with E-state index >= 15 is 0 Å². The van der Waals surface area contributed by atoms with Gasteiger partial charge in [0.15, 0.2) is 0 Å². The lowest BCUT2D eigenvalue weighted by Crippen LogP contribution is -2.34. The van der Waals surface area contributed by atoms with Crippen LogP contribution in [0.4, 0.5) is 0 Å². The van der Waals surface area contributed by atoms with Gasteiger partial charge in [-0.05, 0) is 30.9 Å². The summed E-state index contributed by atoms with van der Waals surface area (Å²) in [5.41, 5.74) is 1.38. The van der Waals surface area contributed by atoms with Crippen LogP contribution in [0.3, 0.4) is 0 Å². The summed E-state index contributed by atoms with van der Waals surface area (Å²) in [6.07, 6.45) is 3.83. The first kappa shape index (κ1) is 12.3. The summed E-state index contributed by atoms with van der Waals surface area (Å²) in [5, 5.41) is 0. The van der Waals surface area contributed by atoms with Crippen LogP contribution < -0.4 is 4.74 Å². The van der Waals surface area contributed by atoms with Gasteiger partial charge < -0.3 is 4.74 Å². The van der Waals surface area contributed by atoms with Crippen LogP contribution in [0.15, 0.2) is 24.3 Å². The Hall–Kier alpha value is -0.730. The van der Waals surface area contributed by atoms with Crippen molar-refractivity contribution in [2.45, 2.75) is 31.2 Å². The quantitative estimate of drug-likeness (QED) is 0.758. The third-order valence-corrected chi connectivity index (χ3v) is 4.14. The Kier molecular flexibility index (Phi) is 3.76. The number of benzene rings is 1. The second-order valence-electron chi connectivity index (χ2n) is 5.29. The summed E-state index contributed by atoms with van der Waals surface area (Å²) in [4.78, 5) is 2.57. The first-order chi connectivity index (χ1) is 8.88. The molecule has 1 aliphatic carbocycles. The number of ether oxygens (including phenoxy) is 1. The van der Waals surface area contributed by atoms with Crippen molar-refractivity contribution in [3.63, 3.8) is 0 Å². The molecule has 1 aliphatic heterocycles. The van der Waals surface area contributed by atoms with Crippen molar-refractivity contribution in [1.82, 2.24) is 4.90 Å². The first-order valence-corrected chi connectivity index (χ1v) is 7.43. The standard InChI is InChI=1S/C15H20ClNO/c16-8-9-17(13-5-6-13)11-12-7-10-18-15-4-2-1-3-14(12)15/h1-4,12-13H,5-11H2. The average Bonchev–Trinajstić information content (AvgIpc) is 3.23. The highest BCUT2D eigenvalue weighted by atomic mass is 35.5. The molecule has 0 aromatic heterocycles. The van der Waals surface area contributed by atoms with E-state index < -0.39 is 0 Å². The maximum atomic E-state index is 5.92. The zero-order valence-corrected chi connectivity index (χ0v) is 11.4. The minimum Gasteiger partial charge on any atom is -0.493 e. The minimum absolute atomic E-state index is 0.610. The Morgan fingerprint density at radius 2 is 2.06 bits per heavy atom. The van der Waals surface area contributed by atoms with Gasteiger partial charge >= 0.3 is 0 Å². The molecule has 1 aromatic carbocycles. The van der Waals surface area contributed by atoms with Crippen molar-refractivity contribution in [2.75, 3.05) is 25.6 Å². The van der Waals surface area contributed by atoms with E-state index in [4.69, 9.17) is 16.3 Å². The molecule has 0 spiro atoms. The molecule has 1 fully saturated rings. The van der Waals surface area contributed by atoms with E-state index in [-0.39, 0.29) is 0 Å². The number of rotatable bonds is 5. The Labute approximate surface area is 114 Å². The molecule has 0 saturated heterocycles. The molecule has 1 heterocycles. The van der Waals surface area contributed by atoms with E-state index in [1.54, 1.807) is 0 Å². The highest BCUT2D eigenvalue weighted by molar-refractivity contribution is 6.18. The fourth-order valence-electron chi connectivity index (χ4n) is 2.86. The number of halogens is 1. The molecule has 1 saturated carbocycles. The van der Waals surface area contributed by atoms with Gasteiger partial charge in [-0.2, -0.15) is 0 Å². The molecule has 0 radical (unpaired) electrons. The summed E-state index contributed by atoms with van der Waals surface area (Å²) in [5.74, 6) is 2.43. The molecule has 18 heavy (non-hydrogen) atoms. The van der Waals surface area contributed by atoms with E-state index in [0.29, 0.717) is 5.92 Å². The predicted octanol–water partition coefficient (Wildman–Crippen LogP) is 3.26. The third-order valence-electron chi connectivity index (χ3n) is 3.97.